The zero-order valence-electron chi connectivity index (χ0n) is 5.31. The lowest BCUT2D eigenvalue weighted by molar-refractivity contribution is 0.560. The summed E-state index contributed by atoms with van der Waals surface area (Å²) >= 11 is 1.65. The topological polar surface area (TPSA) is 17.1 Å². The van der Waals surface area contributed by atoms with Crippen LogP contribution < -0.4 is 0 Å². The van der Waals surface area contributed by atoms with Crippen molar-refractivity contribution in [3.05, 3.63) is 0 Å². The Labute approximate surface area is 54.8 Å². The third kappa shape index (κ3) is 4.19. The second-order valence-corrected chi connectivity index (χ2v) is 3.10. The molecular formula is C6H11OS. The highest BCUT2D eigenvalue weighted by atomic mass is 32.2. The largest absolute Gasteiger partial charge is 0.290 e. The summed E-state index contributed by atoms with van der Waals surface area (Å²) in [7, 11) is 0. The second-order valence-electron chi connectivity index (χ2n) is 1.67. The van der Waals surface area contributed by atoms with E-state index in [4.69, 9.17) is 0 Å². The number of hydrogen-bond acceptors (Lipinski definition) is 2. The maximum Gasteiger partial charge on any atom is 0.209 e. The molecule has 0 saturated carbocycles. The number of thioether (sulfide) groups is 1. The van der Waals surface area contributed by atoms with Gasteiger partial charge in [0.2, 0.25) is 6.29 Å². The first kappa shape index (κ1) is 8.02. The van der Waals surface area contributed by atoms with E-state index >= 15 is 0 Å². The Balaban J connectivity index is 2.97. The van der Waals surface area contributed by atoms with Gasteiger partial charge in [-0.2, -0.15) is 11.8 Å². The highest BCUT2D eigenvalue weighted by molar-refractivity contribution is 8.00. The summed E-state index contributed by atoms with van der Waals surface area (Å²) in [6, 6.07) is 0. The van der Waals surface area contributed by atoms with Gasteiger partial charge >= 0.3 is 0 Å². The van der Waals surface area contributed by atoms with Gasteiger partial charge in [0.05, 0.1) is 5.75 Å². The third-order valence-corrected chi connectivity index (χ3v) is 2.19. The molecule has 0 bridgehead atoms. The summed E-state index contributed by atoms with van der Waals surface area (Å²) in [5, 5.41) is 0.608. The molecule has 1 nitrogen and oxygen atoms in total. The average molecular weight is 131 g/mol. The summed E-state index contributed by atoms with van der Waals surface area (Å²) in [5.41, 5.74) is 0. The van der Waals surface area contributed by atoms with Crippen molar-refractivity contribution in [1.29, 1.82) is 0 Å². The Hall–Kier alpha value is 0.0200. The van der Waals surface area contributed by atoms with Gasteiger partial charge in [0.25, 0.3) is 0 Å². The molecule has 0 spiro atoms. The van der Waals surface area contributed by atoms with E-state index in [0.29, 0.717) is 11.0 Å². The molecule has 1 unspecified atom stereocenters. The van der Waals surface area contributed by atoms with Crippen molar-refractivity contribution >= 4 is 18.0 Å². The first-order chi connectivity index (χ1) is 3.81. The minimum Gasteiger partial charge on any atom is -0.290 e. The molecule has 1 atom stereocenters. The fourth-order valence-electron chi connectivity index (χ4n) is 0.294. The first-order valence-electron chi connectivity index (χ1n) is 2.77. The molecule has 8 heavy (non-hydrogen) atoms. The first-order valence-corrected chi connectivity index (χ1v) is 3.82. The molecular weight excluding hydrogens is 120 g/mol. The fraction of sp³-hybridized carbons (Fsp3) is 0.833. The zero-order valence-corrected chi connectivity index (χ0v) is 6.12. The standard InChI is InChI=1S/C6H11OS/c1-3-6(2)8-5-4-7/h6H,3,5H2,1-2H3. The SMILES string of the molecule is CCC(C)SC[C]=O. The molecule has 1 radical (unpaired) electrons. The van der Waals surface area contributed by atoms with Crippen LogP contribution in [0.3, 0.4) is 0 Å². The lowest BCUT2D eigenvalue weighted by Crippen LogP contribution is -1.94. The Morgan fingerprint density at radius 1 is 1.75 bits per heavy atom. The molecule has 0 aromatic carbocycles. The summed E-state index contributed by atoms with van der Waals surface area (Å²) in [4.78, 5) is 9.68. The Morgan fingerprint density at radius 2 is 2.38 bits per heavy atom. The van der Waals surface area contributed by atoms with Crippen LogP contribution in [0.4, 0.5) is 0 Å². The molecule has 0 aromatic rings. The van der Waals surface area contributed by atoms with Gasteiger partial charge in [-0.05, 0) is 6.42 Å². The van der Waals surface area contributed by atoms with Crippen molar-refractivity contribution in [3.8, 4) is 0 Å². The van der Waals surface area contributed by atoms with E-state index in [1.165, 1.54) is 0 Å². The van der Waals surface area contributed by atoms with Crippen LogP contribution in [0.25, 0.3) is 0 Å². The summed E-state index contributed by atoms with van der Waals surface area (Å²) < 4.78 is 0. The van der Waals surface area contributed by atoms with Crippen LogP contribution >= 0.6 is 11.8 Å². The predicted molar refractivity (Wildman–Crippen MR) is 37.9 cm³/mol. The molecule has 0 aromatic heterocycles. The van der Waals surface area contributed by atoms with Gasteiger partial charge in [-0.1, -0.05) is 13.8 Å². The molecule has 0 fully saturated rings. The number of hydrogen-bond donors (Lipinski definition) is 0. The Kier molecular flexibility index (Phi) is 5.18. The molecule has 0 aliphatic carbocycles. The molecule has 0 aliphatic rings. The van der Waals surface area contributed by atoms with Gasteiger partial charge in [-0.25, -0.2) is 0 Å². The van der Waals surface area contributed by atoms with Gasteiger partial charge in [-0.3, -0.25) is 4.79 Å². The predicted octanol–water partition coefficient (Wildman–Crippen LogP) is 1.63. The highest BCUT2D eigenvalue weighted by Crippen LogP contribution is 2.10. The quantitative estimate of drug-likeness (QED) is 0.576. The maximum atomic E-state index is 9.68. The molecule has 2 heteroatoms. The third-order valence-electron chi connectivity index (χ3n) is 1.00. The van der Waals surface area contributed by atoms with Crippen LogP contribution in [0, 0.1) is 0 Å². The van der Waals surface area contributed by atoms with Crippen molar-refractivity contribution in [2.45, 2.75) is 25.5 Å². The average Bonchev–Trinajstić information content (AvgIpc) is 1.83. The van der Waals surface area contributed by atoms with Crippen LogP contribution in [0.15, 0.2) is 0 Å². The van der Waals surface area contributed by atoms with E-state index in [9.17, 15) is 4.79 Å². The van der Waals surface area contributed by atoms with Crippen LogP contribution in [0.5, 0.6) is 0 Å². The molecule has 0 heterocycles. The molecule has 0 N–H and O–H groups in total. The van der Waals surface area contributed by atoms with Crippen molar-refractivity contribution in [1.82, 2.24) is 0 Å². The smallest absolute Gasteiger partial charge is 0.209 e. The van der Waals surface area contributed by atoms with Crippen LogP contribution in [-0.2, 0) is 4.79 Å². The summed E-state index contributed by atoms with van der Waals surface area (Å²) in [6.07, 6.45) is 2.98. The minimum atomic E-state index is 0.523. The fourth-order valence-corrected chi connectivity index (χ4v) is 0.882. The maximum absolute atomic E-state index is 9.68. The van der Waals surface area contributed by atoms with Crippen molar-refractivity contribution in [2.24, 2.45) is 0 Å². The van der Waals surface area contributed by atoms with Gasteiger partial charge < -0.3 is 0 Å². The second kappa shape index (κ2) is 5.16. The van der Waals surface area contributed by atoms with E-state index in [2.05, 4.69) is 13.8 Å². The molecule has 0 rings (SSSR count). The molecule has 0 amide bonds. The lowest BCUT2D eigenvalue weighted by Gasteiger charge is -2.01. The van der Waals surface area contributed by atoms with E-state index in [0.717, 1.165) is 6.42 Å². The molecule has 0 aliphatic heterocycles. The normalized spacial score (nSPS) is 13.2. The van der Waals surface area contributed by atoms with E-state index in [1.807, 2.05) is 6.29 Å². The number of carbonyl (C=O) groups excluding carboxylic acids is 1. The van der Waals surface area contributed by atoms with Crippen LogP contribution in [-0.4, -0.2) is 17.3 Å². The van der Waals surface area contributed by atoms with Gasteiger partial charge in [0.1, 0.15) is 0 Å². The van der Waals surface area contributed by atoms with E-state index < -0.39 is 0 Å². The minimum absolute atomic E-state index is 0.523. The monoisotopic (exact) mass is 131 g/mol. The zero-order chi connectivity index (χ0) is 6.41. The Morgan fingerprint density at radius 3 is 2.75 bits per heavy atom. The Bertz CT molecular complexity index is 63.5. The van der Waals surface area contributed by atoms with E-state index in [-0.39, 0.29) is 0 Å². The summed E-state index contributed by atoms with van der Waals surface area (Å²) in [5.74, 6) is 0.523. The van der Waals surface area contributed by atoms with Gasteiger partial charge in [-0.15, -0.1) is 0 Å². The highest BCUT2D eigenvalue weighted by Gasteiger charge is 1.95. The van der Waals surface area contributed by atoms with Gasteiger partial charge in [0, 0.05) is 5.25 Å². The molecule has 47 valence electrons. The van der Waals surface area contributed by atoms with Crippen molar-refractivity contribution in [3.63, 3.8) is 0 Å². The van der Waals surface area contributed by atoms with Gasteiger partial charge in [0.15, 0.2) is 0 Å². The van der Waals surface area contributed by atoms with Crippen molar-refractivity contribution < 1.29 is 4.79 Å². The van der Waals surface area contributed by atoms with Crippen molar-refractivity contribution in [2.75, 3.05) is 5.75 Å². The lowest BCUT2D eigenvalue weighted by atomic mass is 10.4. The van der Waals surface area contributed by atoms with E-state index in [1.54, 1.807) is 11.8 Å². The van der Waals surface area contributed by atoms with Crippen LogP contribution in [0.2, 0.25) is 0 Å². The van der Waals surface area contributed by atoms with Crippen LogP contribution in [0.1, 0.15) is 20.3 Å². The number of rotatable bonds is 4. The summed E-state index contributed by atoms with van der Waals surface area (Å²) in [6.45, 7) is 4.23. The molecule has 0 saturated heterocycles.